The zero-order chi connectivity index (χ0) is 16.2. The van der Waals surface area contributed by atoms with Gasteiger partial charge in [-0.25, -0.2) is 0 Å². The van der Waals surface area contributed by atoms with Gasteiger partial charge in [-0.2, -0.15) is 0 Å². The van der Waals surface area contributed by atoms with Gasteiger partial charge in [0.05, 0.1) is 13.0 Å². The van der Waals surface area contributed by atoms with E-state index in [1.54, 1.807) is 7.11 Å². The molecule has 0 N–H and O–H groups in total. The fourth-order valence-corrected chi connectivity index (χ4v) is 3.60. The van der Waals surface area contributed by atoms with Crippen molar-refractivity contribution in [2.75, 3.05) is 58.3 Å². The molecular formula is C18H27N3O2. The van der Waals surface area contributed by atoms with Crippen LogP contribution in [0.5, 0.6) is 5.75 Å². The number of anilines is 1. The van der Waals surface area contributed by atoms with Crippen LogP contribution in [0.1, 0.15) is 12.8 Å². The predicted octanol–water partition coefficient (Wildman–Crippen LogP) is 1.69. The number of amides is 1. The van der Waals surface area contributed by atoms with Crippen LogP contribution in [0.3, 0.4) is 0 Å². The first-order valence-corrected chi connectivity index (χ1v) is 8.53. The van der Waals surface area contributed by atoms with E-state index in [1.165, 1.54) is 5.69 Å². The van der Waals surface area contributed by atoms with Gasteiger partial charge in [-0.3, -0.25) is 4.79 Å². The number of likely N-dealkylation sites (tertiary alicyclic amines) is 1. The molecule has 1 atom stereocenters. The maximum atomic E-state index is 12.7. The molecule has 1 unspecified atom stereocenters. The Morgan fingerprint density at radius 2 is 1.78 bits per heavy atom. The van der Waals surface area contributed by atoms with Gasteiger partial charge in [0.25, 0.3) is 0 Å². The summed E-state index contributed by atoms with van der Waals surface area (Å²) in [6.45, 7) is 5.49. The van der Waals surface area contributed by atoms with E-state index in [0.29, 0.717) is 5.91 Å². The summed E-state index contributed by atoms with van der Waals surface area (Å²) < 4.78 is 5.21. The van der Waals surface area contributed by atoms with Crippen molar-refractivity contribution in [3.05, 3.63) is 24.3 Å². The van der Waals surface area contributed by atoms with Crippen molar-refractivity contribution >= 4 is 11.6 Å². The maximum absolute atomic E-state index is 12.7. The Morgan fingerprint density at radius 1 is 1.09 bits per heavy atom. The topological polar surface area (TPSA) is 36.0 Å². The highest BCUT2D eigenvalue weighted by Crippen LogP contribution is 2.22. The lowest BCUT2D eigenvalue weighted by Gasteiger charge is -2.39. The highest BCUT2D eigenvalue weighted by atomic mass is 16.5. The maximum Gasteiger partial charge on any atom is 0.227 e. The molecule has 0 bridgehead atoms. The number of carbonyl (C=O) groups is 1. The van der Waals surface area contributed by atoms with Crippen LogP contribution < -0.4 is 9.64 Å². The molecule has 2 fully saturated rings. The van der Waals surface area contributed by atoms with Gasteiger partial charge in [0.15, 0.2) is 0 Å². The molecule has 2 aliphatic heterocycles. The summed E-state index contributed by atoms with van der Waals surface area (Å²) in [6.07, 6.45) is 2.18. The van der Waals surface area contributed by atoms with Gasteiger partial charge < -0.3 is 19.4 Å². The summed E-state index contributed by atoms with van der Waals surface area (Å²) in [7, 11) is 3.79. The standard InChI is InChI=1S/C18H27N3O2/c1-19-9-3-4-15(14-19)18(22)21-12-10-20(11-13-21)16-5-7-17(23-2)8-6-16/h5-8,15H,3-4,9-14H2,1-2H3. The van der Waals surface area contributed by atoms with E-state index in [0.717, 1.165) is 57.9 Å². The molecule has 5 nitrogen and oxygen atoms in total. The molecular weight excluding hydrogens is 290 g/mol. The Kier molecular flexibility index (Phi) is 5.06. The third-order valence-electron chi connectivity index (χ3n) is 5.00. The molecule has 23 heavy (non-hydrogen) atoms. The molecule has 1 amide bonds. The third-order valence-corrected chi connectivity index (χ3v) is 5.00. The molecule has 1 aromatic carbocycles. The van der Waals surface area contributed by atoms with Crippen LogP contribution in [-0.4, -0.2) is 69.1 Å². The number of benzene rings is 1. The van der Waals surface area contributed by atoms with Crippen LogP contribution in [0.15, 0.2) is 24.3 Å². The Bertz CT molecular complexity index is 524. The van der Waals surface area contributed by atoms with Gasteiger partial charge in [-0.05, 0) is 50.7 Å². The molecule has 0 spiro atoms. The fourth-order valence-electron chi connectivity index (χ4n) is 3.60. The van der Waals surface area contributed by atoms with E-state index < -0.39 is 0 Å². The van der Waals surface area contributed by atoms with Gasteiger partial charge in [0.1, 0.15) is 5.75 Å². The van der Waals surface area contributed by atoms with Crippen molar-refractivity contribution in [1.82, 2.24) is 9.80 Å². The Labute approximate surface area is 138 Å². The molecule has 1 aromatic rings. The van der Waals surface area contributed by atoms with Crippen LogP contribution in [0.2, 0.25) is 0 Å². The quantitative estimate of drug-likeness (QED) is 0.850. The van der Waals surface area contributed by atoms with E-state index in [4.69, 9.17) is 4.74 Å². The average molecular weight is 317 g/mol. The SMILES string of the molecule is COc1ccc(N2CCN(C(=O)C3CCCN(C)C3)CC2)cc1. The summed E-state index contributed by atoms with van der Waals surface area (Å²) in [5.41, 5.74) is 1.20. The molecule has 0 radical (unpaired) electrons. The fraction of sp³-hybridized carbons (Fsp3) is 0.611. The molecule has 126 valence electrons. The number of hydrogen-bond acceptors (Lipinski definition) is 4. The summed E-state index contributed by atoms with van der Waals surface area (Å²) in [6, 6.07) is 8.16. The molecule has 2 heterocycles. The lowest BCUT2D eigenvalue weighted by atomic mass is 9.96. The molecule has 5 heteroatoms. The predicted molar refractivity (Wildman–Crippen MR) is 92.0 cm³/mol. The Hall–Kier alpha value is -1.75. The highest BCUT2D eigenvalue weighted by Gasteiger charge is 2.29. The first kappa shape index (κ1) is 16.1. The lowest BCUT2D eigenvalue weighted by molar-refractivity contribution is -0.137. The first-order chi connectivity index (χ1) is 11.2. The molecule has 2 saturated heterocycles. The van der Waals surface area contributed by atoms with Gasteiger partial charge in [-0.15, -0.1) is 0 Å². The van der Waals surface area contributed by atoms with Gasteiger partial charge in [0, 0.05) is 38.4 Å². The van der Waals surface area contributed by atoms with Crippen molar-refractivity contribution in [2.24, 2.45) is 5.92 Å². The number of hydrogen-bond donors (Lipinski definition) is 0. The van der Waals surface area contributed by atoms with E-state index in [-0.39, 0.29) is 5.92 Å². The van der Waals surface area contributed by atoms with Gasteiger partial charge >= 0.3 is 0 Å². The Balaban J connectivity index is 1.54. The second-order valence-electron chi connectivity index (χ2n) is 6.61. The molecule has 0 aromatic heterocycles. The number of ether oxygens (including phenoxy) is 1. The van der Waals surface area contributed by atoms with Crippen LogP contribution in [-0.2, 0) is 4.79 Å². The van der Waals surface area contributed by atoms with E-state index >= 15 is 0 Å². The van der Waals surface area contributed by atoms with Crippen LogP contribution in [0, 0.1) is 5.92 Å². The summed E-state index contributed by atoms with van der Waals surface area (Å²) >= 11 is 0. The molecule has 3 rings (SSSR count). The van der Waals surface area contributed by atoms with E-state index in [2.05, 4.69) is 33.9 Å². The van der Waals surface area contributed by atoms with Crippen molar-refractivity contribution < 1.29 is 9.53 Å². The number of nitrogens with zero attached hydrogens (tertiary/aromatic N) is 3. The molecule has 0 saturated carbocycles. The van der Waals surface area contributed by atoms with Gasteiger partial charge in [-0.1, -0.05) is 0 Å². The Morgan fingerprint density at radius 3 is 2.39 bits per heavy atom. The second-order valence-corrected chi connectivity index (χ2v) is 6.61. The lowest BCUT2D eigenvalue weighted by Crippen LogP contribution is -2.52. The van der Waals surface area contributed by atoms with Crippen LogP contribution >= 0.6 is 0 Å². The summed E-state index contributed by atoms with van der Waals surface area (Å²) in [5.74, 6) is 1.43. The van der Waals surface area contributed by atoms with Crippen molar-refractivity contribution in [3.63, 3.8) is 0 Å². The van der Waals surface area contributed by atoms with Crippen molar-refractivity contribution in [3.8, 4) is 5.75 Å². The van der Waals surface area contributed by atoms with Crippen molar-refractivity contribution in [1.29, 1.82) is 0 Å². The third kappa shape index (κ3) is 3.78. The number of carbonyl (C=O) groups excluding carboxylic acids is 1. The normalized spacial score (nSPS) is 23.0. The minimum absolute atomic E-state index is 0.196. The van der Waals surface area contributed by atoms with Crippen LogP contribution in [0.25, 0.3) is 0 Å². The van der Waals surface area contributed by atoms with Crippen molar-refractivity contribution in [2.45, 2.75) is 12.8 Å². The zero-order valence-electron chi connectivity index (χ0n) is 14.2. The van der Waals surface area contributed by atoms with E-state index in [9.17, 15) is 4.79 Å². The first-order valence-electron chi connectivity index (χ1n) is 8.53. The largest absolute Gasteiger partial charge is 0.497 e. The summed E-state index contributed by atoms with van der Waals surface area (Å²) in [4.78, 5) is 19.4. The smallest absolute Gasteiger partial charge is 0.227 e. The monoisotopic (exact) mass is 317 g/mol. The molecule has 2 aliphatic rings. The molecule has 0 aliphatic carbocycles. The van der Waals surface area contributed by atoms with Gasteiger partial charge in [0.2, 0.25) is 5.91 Å². The van der Waals surface area contributed by atoms with E-state index in [1.807, 2.05) is 12.1 Å². The minimum atomic E-state index is 0.196. The number of piperidine rings is 1. The highest BCUT2D eigenvalue weighted by molar-refractivity contribution is 5.79. The number of piperazine rings is 1. The average Bonchev–Trinajstić information content (AvgIpc) is 2.61. The zero-order valence-corrected chi connectivity index (χ0v) is 14.2. The summed E-state index contributed by atoms with van der Waals surface area (Å²) in [5, 5.41) is 0. The second kappa shape index (κ2) is 7.21. The number of rotatable bonds is 3. The van der Waals surface area contributed by atoms with Crippen LogP contribution in [0.4, 0.5) is 5.69 Å². The number of methoxy groups -OCH3 is 1. The minimum Gasteiger partial charge on any atom is -0.497 e.